The lowest BCUT2D eigenvalue weighted by molar-refractivity contribution is -0.385. The van der Waals surface area contributed by atoms with Gasteiger partial charge in [0.05, 0.1) is 4.92 Å². The zero-order valence-electron chi connectivity index (χ0n) is 11.1. The van der Waals surface area contributed by atoms with Crippen LogP contribution in [0.15, 0.2) is 22.7 Å². The summed E-state index contributed by atoms with van der Waals surface area (Å²) in [6, 6.07) is 4.22. The summed E-state index contributed by atoms with van der Waals surface area (Å²) >= 11 is 6.58. The number of nitrogens with one attached hydrogen (secondary N) is 1. The molecule has 0 saturated heterocycles. The number of nitrogens with zero attached hydrogens (tertiary/aromatic N) is 1. The minimum Gasteiger partial charge on any atom is -0.352 e. The first-order valence-electron chi connectivity index (χ1n) is 6.23. The van der Waals surface area contributed by atoms with Crippen molar-refractivity contribution in [2.24, 2.45) is 5.92 Å². The number of non-ortho nitro benzene ring substituents is 1. The Balaban J connectivity index is 2.57. The zero-order valence-corrected chi connectivity index (χ0v) is 14.2. The minimum atomic E-state index is -0.515. The topological polar surface area (TPSA) is 72.2 Å². The Labute approximate surface area is 134 Å². The van der Waals surface area contributed by atoms with Gasteiger partial charge in [-0.2, -0.15) is 0 Å². The van der Waals surface area contributed by atoms with Gasteiger partial charge in [0, 0.05) is 34.0 Å². The van der Waals surface area contributed by atoms with Gasteiger partial charge in [-0.05, 0) is 24.8 Å². The molecule has 7 heteroatoms. The molecule has 0 aliphatic rings. The summed E-state index contributed by atoms with van der Waals surface area (Å²) in [7, 11) is 0. The fourth-order valence-corrected chi connectivity index (χ4v) is 2.45. The van der Waals surface area contributed by atoms with Crippen molar-refractivity contribution in [3.63, 3.8) is 0 Å². The number of rotatable bonds is 7. The van der Waals surface area contributed by atoms with Gasteiger partial charge in [-0.3, -0.25) is 14.9 Å². The van der Waals surface area contributed by atoms with Crippen LogP contribution in [0.1, 0.15) is 30.1 Å². The Morgan fingerprint density at radius 2 is 2.15 bits per heavy atom. The van der Waals surface area contributed by atoms with Gasteiger partial charge in [-0.25, -0.2) is 0 Å². The molecule has 0 aliphatic carbocycles. The van der Waals surface area contributed by atoms with E-state index in [1.807, 2.05) is 0 Å². The summed E-state index contributed by atoms with van der Waals surface area (Å²) in [4.78, 5) is 22.2. The number of nitro groups is 1. The predicted molar refractivity (Wildman–Crippen MR) is 85.3 cm³/mol. The fourth-order valence-electron chi connectivity index (χ4n) is 1.64. The second kappa shape index (κ2) is 8.36. The van der Waals surface area contributed by atoms with Crippen LogP contribution in [0.5, 0.6) is 0 Å². The van der Waals surface area contributed by atoms with E-state index < -0.39 is 4.92 Å². The van der Waals surface area contributed by atoms with Gasteiger partial charge in [-0.15, -0.1) is 0 Å². The predicted octanol–water partition coefficient (Wildman–Crippen LogP) is 3.90. The molecule has 1 aromatic carbocycles. The average Bonchev–Trinajstić information content (AvgIpc) is 2.42. The summed E-state index contributed by atoms with van der Waals surface area (Å²) in [5, 5.41) is 14.5. The van der Waals surface area contributed by atoms with E-state index in [1.165, 1.54) is 12.1 Å². The van der Waals surface area contributed by atoms with Crippen molar-refractivity contribution in [3.05, 3.63) is 38.3 Å². The molecule has 0 saturated carbocycles. The lowest BCUT2D eigenvalue weighted by Gasteiger charge is -2.08. The third-order valence-electron chi connectivity index (χ3n) is 2.78. The number of hydrogen-bond donors (Lipinski definition) is 1. The summed E-state index contributed by atoms with van der Waals surface area (Å²) in [5.74, 6) is 0.278. The largest absolute Gasteiger partial charge is 0.352 e. The molecule has 0 heterocycles. The minimum absolute atomic E-state index is 0.0996. The fraction of sp³-hybridized carbons (Fsp3) is 0.462. The van der Waals surface area contributed by atoms with Crippen molar-refractivity contribution in [3.8, 4) is 0 Å². The average molecular weight is 408 g/mol. The quantitative estimate of drug-likeness (QED) is 0.322. The van der Waals surface area contributed by atoms with Crippen molar-refractivity contribution >= 4 is 43.5 Å². The number of halogens is 2. The van der Waals surface area contributed by atoms with Gasteiger partial charge in [0.1, 0.15) is 0 Å². The van der Waals surface area contributed by atoms with Crippen LogP contribution in [0, 0.1) is 16.0 Å². The maximum atomic E-state index is 11.9. The molecule has 1 aromatic rings. The Bertz CT molecular complexity index is 495. The van der Waals surface area contributed by atoms with E-state index in [-0.39, 0.29) is 11.6 Å². The van der Waals surface area contributed by atoms with Gasteiger partial charge < -0.3 is 5.32 Å². The lowest BCUT2D eigenvalue weighted by Crippen LogP contribution is -2.24. The molecule has 1 unspecified atom stereocenters. The van der Waals surface area contributed by atoms with E-state index in [0.717, 1.165) is 18.2 Å². The molecule has 1 rings (SSSR count). The lowest BCUT2D eigenvalue weighted by atomic mass is 10.1. The Kier molecular flexibility index (Phi) is 7.15. The van der Waals surface area contributed by atoms with Gasteiger partial charge in [0.15, 0.2) is 0 Å². The molecule has 1 amide bonds. The van der Waals surface area contributed by atoms with Crippen LogP contribution in [0.25, 0.3) is 0 Å². The third kappa shape index (κ3) is 5.58. The first-order valence-corrected chi connectivity index (χ1v) is 8.14. The molecular weight excluding hydrogens is 392 g/mol. The molecule has 1 atom stereocenters. The van der Waals surface area contributed by atoms with Crippen LogP contribution in [0.3, 0.4) is 0 Å². The molecule has 0 radical (unpaired) electrons. The van der Waals surface area contributed by atoms with Gasteiger partial charge >= 0.3 is 0 Å². The SMILES string of the molecule is CC(CBr)CCCNC(=O)c1cc(Br)cc([N+](=O)[O-])c1. The molecule has 1 N–H and O–H groups in total. The highest BCUT2D eigenvalue weighted by molar-refractivity contribution is 9.10. The van der Waals surface area contributed by atoms with Crippen molar-refractivity contribution in [2.75, 3.05) is 11.9 Å². The van der Waals surface area contributed by atoms with E-state index in [2.05, 4.69) is 44.1 Å². The highest BCUT2D eigenvalue weighted by Gasteiger charge is 2.13. The van der Waals surface area contributed by atoms with Gasteiger partial charge in [0.25, 0.3) is 11.6 Å². The molecule has 0 spiro atoms. The maximum Gasteiger partial charge on any atom is 0.271 e. The van der Waals surface area contributed by atoms with Crippen molar-refractivity contribution in [1.82, 2.24) is 5.32 Å². The normalized spacial score (nSPS) is 11.9. The first-order chi connectivity index (χ1) is 9.43. The number of hydrogen-bond acceptors (Lipinski definition) is 3. The van der Waals surface area contributed by atoms with Crippen LogP contribution in [-0.2, 0) is 0 Å². The van der Waals surface area contributed by atoms with Crippen LogP contribution in [0.4, 0.5) is 5.69 Å². The molecule has 20 heavy (non-hydrogen) atoms. The monoisotopic (exact) mass is 406 g/mol. The first kappa shape index (κ1) is 17.1. The number of amides is 1. The van der Waals surface area contributed by atoms with Crippen molar-refractivity contribution < 1.29 is 9.72 Å². The van der Waals surface area contributed by atoms with E-state index in [1.54, 1.807) is 6.07 Å². The highest BCUT2D eigenvalue weighted by atomic mass is 79.9. The highest BCUT2D eigenvalue weighted by Crippen LogP contribution is 2.21. The third-order valence-corrected chi connectivity index (χ3v) is 4.34. The molecule has 110 valence electrons. The second-order valence-corrected chi connectivity index (χ2v) is 6.18. The standard InChI is InChI=1S/C13H16Br2N2O3/c1-9(8-14)3-2-4-16-13(18)10-5-11(15)7-12(6-10)17(19)20/h5-7,9H,2-4,8H2,1H3,(H,16,18). The summed E-state index contributed by atoms with van der Waals surface area (Å²) in [6.45, 7) is 2.70. The smallest absolute Gasteiger partial charge is 0.271 e. The van der Waals surface area contributed by atoms with Crippen molar-refractivity contribution in [2.45, 2.75) is 19.8 Å². The molecule has 5 nitrogen and oxygen atoms in total. The van der Waals surface area contributed by atoms with Crippen LogP contribution in [-0.4, -0.2) is 22.7 Å². The zero-order chi connectivity index (χ0) is 15.1. The van der Waals surface area contributed by atoms with E-state index in [0.29, 0.717) is 22.5 Å². The number of carbonyl (C=O) groups excluding carboxylic acids is 1. The van der Waals surface area contributed by atoms with Crippen LogP contribution >= 0.6 is 31.9 Å². The van der Waals surface area contributed by atoms with E-state index in [4.69, 9.17) is 0 Å². The molecule has 0 aliphatic heterocycles. The summed E-state index contributed by atoms with van der Waals surface area (Å²) < 4.78 is 0.518. The molecule has 0 aromatic heterocycles. The number of carbonyl (C=O) groups is 1. The van der Waals surface area contributed by atoms with E-state index in [9.17, 15) is 14.9 Å². The number of nitro benzene ring substituents is 1. The second-order valence-electron chi connectivity index (χ2n) is 4.61. The molecule has 0 bridgehead atoms. The van der Waals surface area contributed by atoms with Crippen LogP contribution < -0.4 is 5.32 Å². The summed E-state index contributed by atoms with van der Waals surface area (Å²) in [5.41, 5.74) is 0.192. The molecular formula is C13H16Br2N2O3. The summed E-state index contributed by atoms with van der Waals surface area (Å²) in [6.07, 6.45) is 1.90. The Morgan fingerprint density at radius 1 is 1.45 bits per heavy atom. The molecule has 0 fully saturated rings. The number of benzene rings is 1. The van der Waals surface area contributed by atoms with E-state index >= 15 is 0 Å². The number of alkyl halides is 1. The van der Waals surface area contributed by atoms with Crippen molar-refractivity contribution in [1.29, 1.82) is 0 Å². The van der Waals surface area contributed by atoms with Gasteiger partial charge in [0.2, 0.25) is 0 Å². The maximum absolute atomic E-state index is 11.9. The van der Waals surface area contributed by atoms with Gasteiger partial charge in [-0.1, -0.05) is 38.8 Å². The Hall–Kier alpha value is -0.950. The van der Waals surface area contributed by atoms with Crippen LogP contribution in [0.2, 0.25) is 0 Å². The Morgan fingerprint density at radius 3 is 2.75 bits per heavy atom.